The smallest absolute Gasteiger partial charge is 0.328 e. The lowest BCUT2D eigenvalue weighted by Gasteiger charge is -2.41. The molecule has 21 heavy (non-hydrogen) atoms. The van der Waals surface area contributed by atoms with E-state index in [1.54, 1.807) is 11.0 Å². The standard InChI is InChI=1S/C14H15F3N2O.ClH/c1-13(2)7-19-10(6-18-13)8-4-3-5-9(14(15,16)17)11(8)12(19)20;/h3-5,10,18H,6-7H2,1-2H3;1H. The van der Waals surface area contributed by atoms with Crippen molar-refractivity contribution in [2.45, 2.75) is 31.6 Å². The van der Waals surface area contributed by atoms with E-state index in [9.17, 15) is 18.0 Å². The molecule has 0 radical (unpaired) electrons. The van der Waals surface area contributed by atoms with Crippen LogP contribution in [0.25, 0.3) is 0 Å². The first-order valence-corrected chi connectivity index (χ1v) is 6.47. The van der Waals surface area contributed by atoms with Gasteiger partial charge in [-0.3, -0.25) is 4.79 Å². The molecule has 0 saturated carbocycles. The fourth-order valence-electron chi connectivity index (χ4n) is 3.03. The summed E-state index contributed by atoms with van der Waals surface area (Å²) in [7, 11) is 0. The van der Waals surface area contributed by atoms with Crippen LogP contribution in [-0.2, 0) is 6.18 Å². The number of nitrogens with zero attached hydrogens (tertiary/aromatic N) is 1. The summed E-state index contributed by atoms with van der Waals surface area (Å²) in [5.41, 5.74) is -0.809. The molecule has 1 aromatic rings. The average Bonchev–Trinajstić information content (AvgIpc) is 2.60. The van der Waals surface area contributed by atoms with Crippen molar-refractivity contribution in [1.82, 2.24) is 10.2 Å². The van der Waals surface area contributed by atoms with Gasteiger partial charge in [-0.25, -0.2) is 0 Å². The van der Waals surface area contributed by atoms with Crippen molar-refractivity contribution in [2.75, 3.05) is 13.1 Å². The van der Waals surface area contributed by atoms with E-state index < -0.39 is 17.6 Å². The number of halogens is 4. The molecule has 1 saturated heterocycles. The van der Waals surface area contributed by atoms with Gasteiger partial charge >= 0.3 is 6.18 Å². The zero-order chi connectivity index (χ0) is 14.7. The zero-order valence-electron chi connectivity index (χ0n) is 11.6. The van der Waals surface area contributed by atoms with E-state index in [1.165, 1.54) is 6.07 Å². The number of amides is 1. The molecular formula is C14H16ClF3N2O. The Labute approximate surface area is 126 Å². The minimum absolute atomic E-state index is 0. The third-order valence-electron chi connectivity index (χ3n) is 3.95. The number of fused-ring (bicyclic) bond motifs is 3. The van der Waals surface area contributed by atoms with Gasteiger partial charge in [0.1, 0.15) is 0 Å². The highest BCUT2D eigenvalue weighted by Gasteiger charge is 2.47. The van der Waals surface area contributed by atoms with Gasteiger partial charge < -0.3 is 10.2 Å². The van der Waals surface area contributed by atoms with E-state index in [2.05, 4.69) is 5.32 Å². The Bertz CT molecular complexity index is 586. The summed E-state index contributed by atoms with van der Waals surface area (Å²) in [6.07, 6.45) is -4.50. The molecule has 2 aliphatic heterocycles. The van der Waals surface area contributed by atoms with Gasteiger partial charge in [0.25, 0.3) is 5.91 Å². The lowest BCUT2D eigenvalue weighted by atomic mass is 9.96. The van der Waals surface area contributed by atoms with Crippen LogP contribution >= 0.6 is 12.4 Å². The van der Waals surface area contributed by atoms with E-state index in [4.69, 9.17) is 0 Å². The van der Waals surface area contributed by atoms with Gasteiger partial charge in [-0.2, -0.15) is 13.2 Å². The van der Waals surface area contributed by atoms with Crippen LogP contribution in [0.1, 0.15) is 41.4 Å². The van der Waals surface area contributed by atoms with Crippen molar-refractivity contribution in [3.8, 4) is 0 Å². The predicted molar refractivity (Wildman–Crippen MR) is 74.6 cm³/mol. The maximum absolute atomic E-state index is 13.1. The van der Waals surface area contributed by atoms with E-state index in [0.717, 1.165) is 6.07 Å². The first-order chi connectivity index (χ1) is 9.21. The van der Waals surface area contributed by atoms with Crippen molar-refractivity contribution in [2.24, 2.45) is 0 Å². The van der Waals surface area contributed by atoms with Gasteiger partial charge in [-0.05, 0) is 25.5 Å². The largest absolute Gasteiger partial charge is 0.417 e. The number of nitrogens with one attached hydrogen (secondary N) is 1. The van der Waals surface area contributed by atoms with E-state index in [-0.39, 0.29) is 29.6 Å². The summed E-state index contributed by atoms with van der Waals surface area (Å²) < 4.78 is 39.2. The number of piperazine rings is 1. The Morgan fingerprint density at radius 3 is 2.62 bits per heavy atom. The highest BCUT2D eigenvalue weighted by molar-refractivity contribution is 6.01. The maximum Gasteiger partial charge on any atom is 0.417 e. The van der Waals surface area contributed by atoms with Crippen LogP contribution in [0.15, 0.2) is 18.2 Å². The predicted octanol–water partition coefficient (Wildman–Crippen LogP) is 3.01. The molecule has 0 spiro atoms. The number of rotatable bonds is 0. The number of hydrogen-bond acceptors (Lipinski definition) is 2. The lowest BCUT2D eigenvalue weighted by Crippen LogP contribution is -2.57. The van der Waals surface area contributed by atoms with Crippen molar-refractivity contribution in [1.29, 1.82) is 0 Å². The van der Waals surface area contributed by atoms with Gasteiger partial charge in [0.05, 0.1) is 17.2 Å². The second-order valence-corrected chi connectivity index (χ2v) is 5.98. The van der Waals surface area contributed by atoms with E-state index >= 15 is 0 Å². The average molecular weight is 321 g/mol. The Kier molecular flexibility index (Phi) is 3.74. The van der Waals surface area contributed by atoms with Crippen LogP contribution in [0.5, 0.6) is 0 Å². The molecule has 1 unspecified atom stereocenters. The third-order valence-corrected chi connectivity index (χ3v) is 3.95. The molecule has 7 heteroatoms. The molecule has 0 aliphatic carbocycles. The first kappa shape index (κ1) is 16.1. The topological polar surface area (TPSA) is 32.3 Å². The van der Waals surface area contributed by atoms with Gasteiger partial charge in [-0.1, -0.05) is 12.1 Å². The molecule has 1 atom stereocenters. The molecule has 0 aromatic heterocycles. The minimum Gasteiger partial charge on any atom is -0.328 e. The summed E-state index contributed by atoms with van der Waals surface area (Å²) in [6, 6.07) is 3.67. The number of carbonyl (C=O) groups excluding carboxylic acids is 1. The molecule has 1 amide bonds. The molecule has 1 aromatic carbocycles. The third kappa shape index (κ3) is 2.51. The van der Waals surface area contributed by atoms with Crippen LogP contribution in [-0.4, -0.2) is 29.4 Å². The molecule has 2 heterocycles. The van der Waals surface area contributed by atoms with Crippen LogP contribution < -0.4 is 5.32 Å². The lowest BCUT2D eigenvalue weighted by molar-refractivity contribution is -0.137. The second kappa shape index (κ2) is 4.88. The normalized spacial score (nSPS) is 23.4. The van der Waals surface area contributed by atoms with Crippen LogP contribution in [0.2, 0.25) is 0 Å². The molecule has 0 bridgehead atoms. The molecule has 2 aliphatic rings. The fraction of sp³-hybridized carbons (Fsp3) is 0.500. The van der Waals surface area contributed by atoms with Crippen LogP contribution in [0, 0.1) is 0 Å². The monoisotopic (exact) mass is 320 g/mol. The minimum atomic E-state index is -4.50. The Morgan fingerprint density at radius 1 is 1.33 bits per heavy atom. The van der Waals surface area contributed by atoms with Gasteiger partial charge in [-0.15, -0.1) is 12.4 Å². The van der Waals surface area contributed by atoms with Gasteiger partial charge in [0.2, 0.25) is 0 Å². The highest BCUT2D eigenvalue weighted by Crippen LogP contribution is 2.42. The summed E-state index contributed by atoms with van der Waals surface area (Å²) in [4.78, 5) is 13.9. The molecule has 116 valence electrons. The highest BCUT2D eigenvalue weighted by atomic mass is 35.5. The molecule has 1 N–H and O–H groups in total. The van der Waals surface area contributed by atoms with Gasteiger partial charge in [0, 0.05) is 18.6 Å². The zero-order valence-corrected chi connectivity index (χ0v) is 12.4. The Hall–Kier alpha value is -1.27. The van der Waals surface area contributed by atoms with Crippen molar-refractivity contribution in [3.05, 3.63) is 34.9 Å². The second-order valence-electron chi connectivity index (χ2n) is 5.98. The van der Waals surface area contributed by atoms with Crippen LogP contribution in [0.4, 0.5) is 13.2 Å². The Balaban J connectivity index is 0.00000161. The fourth-order valence-corrected chi connectivity index (χ4v) is 3.03. The molecular weight excluding hydrogens is 305 g/mol. The number of benzene rings is 1. The van der Waals surface area contributed by atoms with E-state index in [1.807, 2.05) is 13.8 Å². The number of alkyl halides is 3. The maximum atomic E-state index is 13.1. The van der Waals surface area contributed by atoms with Crippen molar-refractivity contribution >= 4 is 18.3 Å². The molecule has 3 nitrogen and oxygen atoms in total. The summed E-state index contributed by atoms with van der Waals surface area (Å²) in [6.45, 7) is 4.75. The van der Waals surface area contributed by atoms with Crippen molar-refractivity contribution < 1.29 is 18.0 Å². The molecule has 3 rings (SSSR count). The summed E-state index contributed by atoms with van der Waals surface area (Å²) >= 11 is 0. The number of hydrogen-bond donors (Lipinski definition) is 1. The SMILES string of the molecule is CC1(C)CN2C(=O)c3c(cccc3C(F)(F)F)C2CN1.Cl. The first-order valence-electron chi connectivity index (χ1n) is 6.47. The van der Waals surface area contributed by atoms with E-state index in [0.29, 0.717) is 18.7 Å². The Morgan fingerprint density at radius 2 is 2.00 bits per heavy atom. The summed E-state index contributed by atoms with van der Waals surface area (Å²) in [5, 5.41) is 3.27. The molecule has 1 fully saturated rings. The van der Waals surface area contributed by atoms with Crippen molar-refractivity contribution in [3.63, 3.8) is 0 Å². The van der Waals surface area contributed by atoms with Gasteiger partial charge in [0.15, 0.2) is 0 Å². The van der Waals surface area contributed by atoms with Crippen LogP contribution in [0.3, 0.4) is 0 Å². The quantitative estimate of drug-likeness (QED) is 0.797. The summed E-state index contributed by atoms with van der Waals surface area (Å²) in [5.74, 6) is -0.507. The number of carbonyl (C=O) groups is 1.